The molecule has 1 atom stereocenters. The lowest BCUT2D eigenvalue weighted by Gasteiger charge is -2.18. The van der Waals surface area contributed by atoms with Gasteiger partial charge >= 0.3 is 5.97 Å². The van der Waals surface area contributed by atoms with E-state index in [1.165, 1.54) is 18.2 Å². The van der Waals surface area contributed by atoms with Crippen LogP contribution in [0.25, 0.3) is 0 Å². The lowest BCUT2D eigenvalue weighted by atomic mass is 10.00. The van der Waals surface area contributed by atoms with Gasteiger partial charge in [0.05, 0.1) is 19.6 Å². The number of rotatable bonds is 7. The van der Waals surface area contributed by atoms with Gasteiger partial charge in [0.25, 0.3) is 0 Å². The van der Waals surface area contributed by atoms with Crippen molar-refractivity contribution in [2.24, 2.45) is 10.9 Å². The van der Waals surface area contributed by atoms with Crippen molar-refractivity contribution in [3.63, 3.8) is 0 Å². The second-order valence-electron chi connectivity index (χ2n) is 6.03. The Morgan fingerprint density at radius 1 is 1.21 bits per heavy atom. The molecular weight excluding hydrogens is 417 g/mol. The monoisotopic (exact) mass is 447 g/mol. The van der Waals surface area contributed by atoms with Crippen LogP contribution in [0.5, 0.6) is 0 Å². The third-order valence-corrected chi connectivity index (χ3v) is 3.55. The Bertz CT molecular complexity index is 516. The maximum absolute atomic E-state index is 11.1. The molecule has 0 saturated carbocycles. The second-order valence-corrected chi connectivity index (χ2v) is 6.03. The number of carbonyl (C=O) groups is 1. The quantitative estimate of drug-likeness (QED) is 0.292. The van der Waals surface area contributed by atoms with E-state index >= 15 is 0 Å². The summed E-state index contributed by atoms with van der Waals surface area (Å²) in [6.07, 6.45) is 1.41. The summed E-state index contributed by atoms with van der Waals surface area (Å²) in [5, 5.41) is 6.43. The summed E-state index contributed by atoms with van der Waals surface area (Å²) in [6.45, 7) is 7.03. The molecule has 0 radical (unpaired) electrons. The Hall–Kier alpha value is -1.31. The minimum atomic E-state index is -0.234. The highest BCUT2D eigenvalue weighted by Gasteiger charge is 2.09. The SMILES string of the molecule is CN=C(NCCC(=O)OC)NC(C)c1ccc(CC(C)C)cc1.I. The van der Waals surface area contributed by atoms with Gasteiger partial charge in [-0.2, -0.15) is 0 Å². The molecule has 1 rings (SSSR count). The molecule has 0 saturated heterocycles. The van der Waals surface area contributed by atoms with Crippen LogP contribution in [-0.2, 0) is 16.0 Å². The fourth-order valence-electron chi connectivity index (χ4n) is 2.28. The third-order valence-electron chi connectivity index (χ3n) is 3.55. The number of benzene rings is 1. The molecule has 0 aromatic heterocycles. The number of ether oxygens (including phenoxy) is 1. The fraction of sp³-hybridized carbons (Fsp3) is 0.556. The lowest BCUT2D eigenvalue weighted by Crippen LogP contribution is -2.39. The zero-order valence-electron chi connectivity index (χ0n) is 15.3. The third kappa shape index (κ3) is 8.52. The van der Waals surface area contributed by atoms with Crippen molar-refractivity contribution in [1.29, 1.82) is 0 Å². The van der Waals surface area contributed by atoms with E-state index in [0.29, 0.717) is 24.8 Å². The molecule has 0 aliphatic carbocycles. The fourth-order valence-corrected chi connectivity index (χ4v) is 2.28. The normalized spacial score (nSPS) is 12.3. The summed E-state index contributed by atoms with van der Waals surface area (Å²) >= 11 is 0. The van der Waals surface area contributed by atoms with E-state index < -0.39 is 0 Å². The highest BCUT2D eigenvalue weighted by molar-refractivity contribution is 14.0. The number of methoxy groups -OCH3 is 1. The average molecular weight is 447 g/mol. The molecule has 6 heteroatoms. The van der Waals surface area contributed by atoms with E-state index in [-0.39, 0.29) is 36.0 Å². The average Bonchev–Trinajstić information content (AvgIpc) is 2.53. The summed E-state index contributed by atoms with van der Waals surface area (Å²) in [6, 6.07) is 8.79. The molecule has 0 fully saturated rings. The van der Waals surface area contributed by atoms with E-state index in [2.05, 4.69) is 65.4 Å². The van der Waals surface area contributed by atoms with Gasteiger partial charge in [0.15, 0.2) is 5.96 Å². The number of nitrogens with one attached hydrogen (secondary N) is 2. The van der Waals surface area contributed by atoms with Crippen LogP contribution >= 0.6 is 24.0 Å². The van der Waals surface area contributed by atoms with E-state index in [0.717, 1.165) is 6.42 Å². The number of hydrogen-bond acceptors (Lipinski definition) is 3. The summed E-state index contributed by atoms with van der Waals surface area (Å²) < 4.78 is 4.62. The molecule has 1 aromatic carbocycles. The van der Waals surface area contributed by atoms with Crippen LogP contribution in [-0.4, -0.2) is 32.6 Å². The van der Waals surface area contributed by atoms with Crippen LogP contribution in [0.2, 0.25) is 0 Å². The molecule has 1 aromatic rings. The van der Waals surface area contributed by atoms with E-state index in [1.807, 2.05) is 0 Å². The standard InChI is InChI=1S/C18H29N3O2.HI/c1-13(2)12-15-6-8-16(9-7-15)14(3)21-18(19-4)20-11-10-17(22)23-5;/h6-9,13-14H,10-12H2,1-5H3,(H2,19,20,21);1H. The number of aliphatic imine (C=N–C) groups is 1. The van der Waals surface area contributed by atoms with Gasteiger partial charge in [-0.3, -0.25) is 9.79 Å². The smallest absolute Gasteiger partial charge is 0.307 e. The molecule has 1 unspecified atom stereocenters. The Labute approximate surface area is 162 Å². The van der Waals surface area contributed by atoms with Crippen LogP contribution in [0, 0.1) is 5.92 Å². The Morgan fingerprint density at radius 3 is 2.33 bits per heavy atom. The maximum atomic E-state index is 11.1. The van der Waals surface area contributed by atoms with Gasteiger partial charge in [-0.15, -0.1) is 24.0 Å². The number of hydrogen-bond donors (Lipinski definition) is 2. The summed E-state index contributed by atoms with van der Waals surface area (Å²) in [5.41, 5.74) is 2.56. The Kier molecular flexibility index (Phi) is 11.4. The first-order valence-electron chi connectivity index (χ1n) is 8.09. The number of carbonyl (C=O) groups excluding carboxylic acids is 1. The van der Waals surface area contributed by atoms with Crippen molar-refractivity contribution in [1.82, 2.24) is 10.6 Å². The lowest BCUT2D eigenvalue weighted by molar-refractivity contribution is -0.140. The molecular formula is C18H30IN3O2. The van der Waals surface area contributed by atoms with Crippen LogP contribution < -0.4 is 10.6 Å². The van der Waals surface area contributed by atoms with Crippen molar-refractivity contribution in [2.75, 3.05) is 20.7 Å². The van der Waals surface area contributed by atoms with Crippen LogP contribution in [0.15, 0.2) is 29.3 Å². The molecule has 0 heterocycles. The number of esters is 1. The van der Waals surface area contributed by atoms with E-state index in [9.17, 15) is 4.79 Å². The number of nitrogens with zero attached hydrogens (tertiary/aromatic N) is 1. The first-order valence-corrected chi connectivity index (χ1v) is 8.09. The zero-order valence-corrected chi connectivity index (χ0v) is 17.6. The van der Waals surface area contributed by atoms with Crippen molar-refractivity contribution < 1.29 is 9.53 Å². The van der Waals surface area contributed by atoms with Gasteiger partial charge in [-0.25, -0.2) is 0 Å². The predicted molar refractivity (Wildman–Crippen MR) is 110 cm³/mol. The van der Waals surface area contributed by atoms with Crippen molar-refractivity contribution >= 4 is 35.9 Å². The highest BCUT2D eigenvalue weighted by atomic mass is 127. The molecule has 0 bridgehead atoms. The first kappa shape index (κ1) is 22.7. The Morgan fingerprint density at radius 2 is 1.83 bits per heavy atom. The molecule has 0 spiro atoms. The zero-order chi connectivity index (χ0) is 17.2. The predicted octanol–water partition coefficient (Wildman–Crippen LogP) is 3.29. The molecule has 5 nitrogen and oxygen atoms in total. The first-order chi connectivity index (χ1) is 11.0. The molecule has 24 heavy (non-hydrogen) atoms. The molecule has 0 amide bonds. The molecule has 136 valence electrons. The minimum Gasteiger partial charge on any atom is -0.469 e. The second kappa shape index (κ2) is 12.1. The minimum absolute atomic E-state index is 0. The van der Waals surface area contributed by atoms with Gasteiger partial charge in [0.1, 0.15) is 0 Å². The van der Waals surface area contributed by atoms with Crippen molar-refractivity contribution in [3.8, 4) is 0 Å². The Balaban J connectivity index is 0.00000529. The number of guanidine groups is 1. The maximum Gasteiger partial charge on any atom is 0.307 e. The molecule has 0 aliphatic rings. The van der Waals surface area contributed by atoms with Crippen molar-refractivity contribution in [2.45, 2.75) is 39.7 Å². The van der Waals surface area contributed by atoms with Crippen LogP contribution in [0.4, 0.5) is 0 Å². The summed E-state index contributed by atoms with van der Waals surface area (Å²) in [5.74, 6) is 1.10. The largest absolute Gasteiger partial charge is 0.469 e. The summed E-state index contributed by atoms with van der Waals surface area (Å²) in [4.78, 5) is 15.3. The van der Waals surface area contributed by atoms with E-state index in [1.54, 1.807) is 7.05 Å². The summed E-state index contributed by atoms with van der Waals surface area (Å²) in [7, 11) is 3.10. The molecule has 2 N–H and O–H groups in total. The van der Waals surface area contributed by atoms with Gasteiger partial charge in [0.2, 0.25) is 0 Å². The van der Waals surface area contributed by atoms with Crippen LogP contribution in [0.1, 0.15) is 44.4 Å². The highest BCUT2D eigenvalue weighted by Crippen LogP contribution is 2.15. The van der Waals surface area contributed by atoms with Crippen LogP contribution in [0.3, 0.4) is 0 Å². The number of halogens is 1. The van der Waals surface area contributed by atoms with Gasteiger partial charge in [-0.1, -0.05) is 38.1 Å². The van der Waals surface area contributed by atoms with E-state index in [4.69, 9.17) is 0 Å². The van der Waals surface area contributed by atoms with Gasteiger partial charge in [0, 0.05) is 13.6 Å². The topological polar surface area (TPSA) is 62.7 Å². The van der Waals surface area contributed by atoms with Gasteiger partial charge < -0.3 is 15.4 Å². The van der Waals surface area contributed by atoms with Gasteiger partial charge in [-0.05, 0) is 30.4 Å². The van der Waals surface area contributed by atoms with Crippen molar-refractivity contribution in [3.05, 3.63) is 35.4 Å². The molecule has 0 aliphatic heterocycles.